The summed E-state index contributed by atoms with van der Waals surface area (Å²) in [6, 6.07) is 0. The smallest absolute Gasteiger partial charge is 0.309 e. The van der Waals surface area contributed by atoms with Gasteiger partial charge < -0.3 is 14.2 Å². The lowest BCUT2D eigenvalue weighted by molar-refractivity contribution is -0.166. The highest BCUT2D eigenvalue weighted by molar-refractivity contribution is 5.72. The van der Waals surface area contributed by atoms with E-state index >= 15 is 0 Å². The second-order valence-corrected chi connectivity index (χ2v) is 18.1. The van der Waals surface area contributed by atoms with Crippen LogP contribution in [-0.4, -0.2) is 37.2 Å². The fourth-order valence-electron chi connectivity index (χ4n) is 6.90. The first-order chi connectivity index (χ1) is 37.0. The molecular weight excluding hydrogens is 925 g/mol. The lowest BCUT2D eigenvalue weighted by Gasteiger charge is -2.18. The van der Waals surface area contributed by atoms with E-state index in [-0.39, 0.29) is 38.0 Å². The van der Waals surface area contributed by atoms with Crippen LogP contribution in [0.25, 0.3) is 0 Å². The Morgan fingerprint density at radius 2 is 0.533 bits per heavy atom. The molecule has 0 aliphatic heterocycles. The van der Waals surface area contributed by atoms with Gasteiger partial charge in [-0.2, -0.15) is 0 Å². The number of esters is 3. The van der Waals surface area contributed by atoms with Gasteiger partial charge in [0, 0.05) is 12.8 Å². The van der Waals surface area contributed by atoms with Gasteiger partial charge in [0.05, 0.1) is 6.42 Å². The van der Waals surface area contributed by atoms with E-state index in [9.17, 15) is 14.4 Å². The van der Waals surface area contributed by atoms with Crippen LogP contribution < -0.4 is 0 Å². The third-order valence-corrected chi connectivity index (χ3v) is 11.1. The van der Waals surface area contributed by atoms with Crippen LogP contribution in [0.3, 0.4) is 0 Å². The van der Waals surface area contributed by atoms with E-state index < -0.39 is 12.1 Å². The molecule has 0 aromatic carbocycles. The van der Waals surface area contributed by atoms with Crippen molar-refractivity contribution in [2.75, 3.05) is 13.2 Å². The summed E-state index contributed by atoms with van der Waals surface area (Å²) in [5.41, 5.74) is 0. The molecule has 414 valence electrons. The van der Waals surface area contributed by atoms with Crippen molar-refractivity contribution in [1.29, 1.82) is 0 Å². The first-order valence-corrected chi connectivity index (χ1v) is 28.9. The van der Waals surface area contributed by atoms with Crippen LogP contribution in [0.4, 0.5) is 0 Å². The number of allylic oxidation sites excluding steroid dienone is 31. The van der Waals surface area contributed by atoms with Crippen molar-refractivity contribution >= 4 is 17.9 Å². The number of ether oxygens (including phenoxy) is 3. The Balaban J connectivity index is 4.63. The minimum Gasteiger partial charge on any atom is -0.462 e. The molecule has 0 spiro atoms. The number of rotatable bonds is 49. The Hall–Kier alpha value is -5.75. The van der Waals surface area contributed by atoms with Crippen LogP contribution in [0.2, 0.25) is 0 Å². The van der Waals surface area contributed by atoms with Crippen LogP contribution in [0, 0.1) is 0 Å². The van der Waals surface area contributed by atoms with Crippen LogP contribution in [0.5, 0.6) is 0 Å². The zero-order valence-corrected chi connectivity index (χ0v) is 47.2. The fraction of sp³-hybridized carbons (Fsp3) is 0.493. The van der Waals surface area contributed by atoms with Crippen LogP contribution in [0.15, 0.2) is 194 Å². The molecule has 0 fully saturated rings. The molecule has 0 N–H and O–H groups in total. The van der Waals surface area contributed by atoms with E-state index in [0.29, 0.717) is 19.3 Å². The lowest BCUT2D eigenvalue weighted by Crippen LogP contribution is -2.30. The summed E-state index contributed by atoms with van der Waals surface area (Å²) >= 11 is 0. The Kier molecular flexibility index (Phi) is 56.1. The average molecular weight is 1030 g/mol. The second kappa shape index (κ2) is 60.8. The average Bonchev–Trinajstić information content (AvgIpc) is 3.41. The van der Waals surface area contributed by atoms with Crippen molar-refractivity contribution < 1.29 is 28.6 Å². The summed E-state index contributed by atoms with van der Waals surface area (Å²) < 4.78 is 16.7. The zero-order valence-electron chi connectivity index (χ0n) is 47.2. The Bertz CT molecular complexity index is 1850. The number of carbonyl (C=O) groups is 3. The Morgan fingerprint density at radius 3 is 0.867 bits per heavy atom. The Labute approximate surface area is 458 Å². The molecule has 0 bridgehead atoms. The maximum absolute atomic E-state index is 12.9. The number of unbranched alkanes of at least 4 members (excludes halogenated alkanes) is 7. The van der Waals surface area contributed by atoms with Crippen molar-refractivity contribution in [3.8, 4) is 0 Å². The summed E-state index contributed by atoms with van der Waals surface area (Å²) in [7, 11) is 0. The summed E-state index contributed by atoms with van der Waals surface area (Å²) in [4.78, 5) is 38.1. The van der Waals surface area contributed by atoms with Gasteiger partial charge in [-0.25, -0.2) is 0 Å². The monoisotopic (exact) mass is 1030 g/mol. The standard InChI is InChI=1S/C69H102O6/c1-4-7-10-13-16-19-22-25-28-30-32-33-34-35-37-38-41-44-47-50-53-56-59-62-68(71)74-65-66(64-73-67(70)61-58-55-52-49-46-43-40-27-24-21-18-15-12-9-6-3)75-69(72)63-60-57-54-51-48-45-42-39-36-31-29-26-23-20-17-14-11-8-5-2/h7-12,16-21,25-29,32-33,35-37,39-41,44-46,48-49,55,58,66H,4-6,13-15,22-24,30-31,34,38,42-43,47,50-54,56-57,59-65H2,1-3H3/b10-7-,11-8-,12-9-,19-16-,20-17-,21-18-,28-25-,29-26-,33-32-,37-35-,39-36-,40-27-,44-41-,48-45-,49-46-,58-55-. The van der Waals surface area contributed by atoms with Gasteiger partial charge in [-0.15, -0.1) is 0 Å². The van der Waals surface area contributed by atoms with Gasteiger partial charge in [-0.3, -0.25) is 14.4 Å². The van der Waals surface area contributed by atoms with Gasteiger partial charge in [0.15, 0.2) is 6.10 Å². The topological polar surface area (TPSA) is 78.9 Å². The third-order valence-electron chi connectivity index (χ3n) is 11.1. The predicted molar refractivity (Wildman–Crippen MR) is 324 cm³/mol. The van der Waals surface area contributed by atoms with Gasteiger partial charge in [-0.1, -0.05) is 234 Å². The molecule has 0 saturated carbocycles. The quantitative estimate of drug-likeness (QED) is 0.0261. The molecule has 0 amide bonds. The second-order valence-electron chi connectivity index (χ2n) is 18.1. The first kappa shape index (κ1) is 69.2. The zero-order chi connectivity index (χ0) is 54.3. The van der Waals surface area contributed by atoms with E-state index in [0.717, 1.165) is 148 Å². The third kappa shape index (κ3) is 59.0. The molecule has 0 saturated heterocycles. The van der Waals surface area contributed by atoms with Crippen molar-refractivity contribution in [3.05, 3.63) is 194 Å². The van der Waals surface area contributed by atoms with Gasteiger partial charge in [-0.05, 0) is 141 Å². The predicted octanol–water partition coefficient (Wildman–Crippen LogP) is 19.9. The maximum atomic E-state index is 12.9. The summed E-state index contributed by atoms with van der Waals surface area (Å²) in [5, 5.41) is 0. The molecule has 0 aliphatic rings. The SMILES string of the molecule is CC/C=C\C/C=C\C/C=C\C/C=C\C/C=C\C/C=C\CCCCCCC(=O)OCC(COC(=O)C/C=C\C/C=C\C/C=C\C/C=C\C/C=C\CC)OC(=O)CCCCC/C=C\C/C=C\C/C=C\C/C=C\C/C=C\CC. The molecule has 6 nitrogen and oxygen atoms in total. The summed E-state index contributed by atoms with van der Waals surface area (Å²) in [5.74, 6) is -1.15. The van der Waals surface area contributed by atoms with Crippen molar-refractivity contribution in [2.45, 2.75) is 207 Å². The van der Waals surface area contributed by atoms with E-state index in [1.807, 2.05) is 6.08 Å². The number of hydrogen-bond donors (Lipinski definition) is 0. The first-order valence-electron chi connectivity index (χ1n) is 28.9. The van der Waals surface area contributed by atoms with Crippen LogP contribution in [0.1, 0.15) is 201 Å². The largest absolute Gasteiger partial charge is 0.462 e. The van der Waals surface area contributed by atoms with Crippen molar-refractivity contribution in [1.82, 2.24) is 0 Å². The minimum absolute atomic E-state index is 0.103. The number of hydrogen-bond acceptors (Lipinski definition) is 6. The van der Waals surface area contributed by atoms with Crippen LogP contribution >= 0.6 is 0 Å². The molecule has 0 rings (SSSR count). The minimum atomic E-state index is -0.860. The lowest BCUT2D eigenvalue weighted by atomic mass is 10.1. The molecule has 0 aliphatic carbocycles. The molecular formula is C69H102O6. The van der Waals surface area contributed by atoms with Gasteiger partial charge >= 0.3 is 17.9 Å². The van der Waals surface area contributed by atoms with Gasteiger partial charge in [0.2, 0.25) is 0 Å². The number of carbonyl (C=O) groups excluding carboxylic acids is 3. The van der Waals surface area contributed by atoms with E-state index in [4.69, 9.17) is 14.2 Å². The highest BCUT2D eigenvalue weighted by Gasteiger charge is 2.19. The van der Waals surface area contributed by atoms with Crippen molar-refractivity contribution in [2.24, 2.45) is 0 Å². The molecule has 0 radical (unpaired) electrons. The Morgan fingerprint density at radius 1 is 0.280 bits per heavy atom. The van der Waals surface area contributed by atoms with E-state index in [2.05, 4.69) is 203 Å². The van der Waals surface area contributed by atoms with E-state index in [1.165, 1.54) is 0 Å². The maximum Gasteiger partial charge on any atom is 0.309 e. The van der Waals surface area contributed by atoms with E-state index in [1.54, 1.807) is 6.08 Å². The normalized spacial score (nSPS) is 13.6. The molecule has 0 heterocycles. The molecule has 1 unspecified atom stereocenters. The van der Waals surface area contributed by atoms with Crippen LogP contribution in [-0.2, 0) is 28.6 Å². The molecule has 0 aromatic rings. The molecule has 75 heavy (non-hydrogen) atoms. The van der Waals surface area contributed by atoms with Gasteiger partial charge in [0.25, 0.3) is 0 Å². The fourth-order valence-corrected chi connectivity index (χ4v) is 6.90. The summed E-state index contributed by atoms with van der Waals surface area (Å²) in [6.45, 7) is 6.13. The highest BCUT2D eigenvalue weighted by Crippen LogP contribution is 2.11. The molecule has 6 heteroatoms. The van der Waals surface area contributed by atoms with Gasteiger partial charge in [0.1, 0.15) is 13.2 Å². The molecule has 0 aromatic heterocycles. The molecule has 1 atom stereocenters. The van der Waals surface area contributed by atoms with Crippen molar-refractivity contribution in [3.63, 3.8) is 0 Å². The highest BCUT2D eigenvalue weighted by atomic mass is 16.6. The summed E-state index contributed by atoms with van der Waals surface area (Å²) in [6.07, 6.45) is 93.0.